The topological polar surface area (TPSA) is 38.4 Å². The van der Waals surface area contributed by atoms with Crippen LogP contribution in [0.4, 0.5) is 18.9 Å². The van der Waals surface area contributed by atoms with Gasteiger partial charge in [0.1, 0.15) is 5.84 Å². The summed E-state index contributed by atoms with van der Waals surface area (Å²) >= 11 is 0. The highest BCUT2D eigenvalue weighted by atomic mass is 19.4. The van der Waals surface area contributed by atoms with Crippen molar-refractivity contribution in [1.29, 1.82) is 0 Å². The average Bonchev–Trinajstić information content (AvgIpc) is 2.41. The van der Waals surface area contributed by atoms with E-state index in [0.29, 0.717) is 5.56 Å². The predicted molar refractivity (Wildman–Crippen MR) is 77.7 cm³/mol. The number of halogens is 3. The molecule has 0 heterocycles. The van der Waals surface area contributed by atoms with Gasteiger partial charge in [-0.1, -0.05) is 18.2 Å². The molecule has 21 heavy (non-hydrogen) atoms. The molecule has 0 unspecified atom stereocenters. The number of aliphatic imine (C=N–C) groups is 1. The van der Waals surface area contributed by atoms with Crippen LogP contribution in [-0.4, -0.2) is 5.84 Å². The number of benzene rings is 2. The molecule has 2 N–H and O–H groups in total. The highest BCUT2D eigenvalue weighted by Gasteiger charge is 2.30. The summed E-state index contributed by atoms with van der Waals surface area (Å²) in [5.74, 6) is 0.192. The van der Waals surface area contributed by atoms with Crippen LogP contribution < -0.4 is 5.73 Å². The molecule has 0 spiro atoms. The number of amidine groups is 1. The molecular formula is C16H15F3N2. The monoisotopic (exact) mass is 292 g/mol. The molecular weight excluding hydrogens is 277 g/mol. The molecule has 2 aromatic rings. The maximum atomic E-state index is 12.6. The third-order valence-corrected chi connectivity index (χ3v) is 3.23. The molecule has 0 aliphatic heterocycles. The molecule has 0 atom stereocenters. The van der Waals surface area contributed by atoms with E-state index in [0.717, 1.165) is 23.3 Å². The van der Waals surface area contributed by atoms with E-state index >= 15 is 0 Å². The minimum atomic E-state index is -4.39. The summed E-state index contributed by atoms with van der Waals surface area (Å²) in [7, 11) is 0. The van der Waals surface area contributed by atoms with Gasteiger partial charge in [0.15, 0.2) is 0 Å². The van der Waals surface area contributed by atoms with E-state index in [9.17, 15) is 13.2 Å². The fourth-order valence-electron chi connectivity index (χ4n) is 1.86. The first kappa shape index (κ1) is 15.1. The fourth-order valence-corrected chi connectivity index (χ4v) is 1.86. The average molecular weight is 292 g/mol. The zero-order valence-electron chi connectivity index (χ0n) is 11.7. The normalized spacial score (nSPS) is 12.5. The van der Waals surface area contributed by atoms with Crippen molar-refractivity contribution in [1.82, 2.24) is 0 Å². The number of nitrogens with zero attached hydrogens (tertiary/aromatic N) is 1. The summed E-state index contributed by atoms with van der Waals surface area (Å²) in [6.45, 7) is 3.91. The number of alkyl halides is 3. The molecule has 0 fully saturated rings. The van der Waals surface area contributed by atoms with Crippen LogP contribution in [-0.2, 0) is 6.18 Å². The number of nitrogens with two attached hydrogens (primary N) is 1. The molecule has 2 nitrogen and oxygen atoms in total. The van der Waals surface area contributed by atoms with E-state index in [4.69, 9.17) is 5.73 Å². The SMILES string of the molecule is Cc1ccc(C(N)=Nc2cccc(C(F)(F)F)c2)cc1C. The Labute approximate surface area is 121 Å². The van der Waals surface area contributed by atoms with Gasteiger partial charge >= 0.3 is 6.18 Å². The zero-order valence-corrected chi connectivity index (χ0v) is 11.7. The van der Waals surface area contributed by atoms with Crippen LogP contribution in [0.1, 0.15) is 22.3 Å². The summed E-state index contributed by atoms with van der Waals surface area (Å²) in [5.41, 5.74) is 8.17. The van der Waals surface area contributed by atoms with Gasteiger partial charge in [0.05, 0.1) is 11.3 Å². The zero-order chi connectivity index (χ0) is 15.6. The Kier molecular flexibility index (Phi) is 4.02. The summed E-state index contributed by atoms with van der Waals surface area (Å²) in [6.07, 6.45) is -4.39. The highest BCUT2D eigenvalue weighted by Crippen LogP contribution is 2.31. The molecule has 0 saturated heterocycles. The fraction of sp³-hybridized carbons (Fsp3) is 0.188. The van der Waals surface area contributed by atoms with Crippen molar-refractivity contribution in [3.05, 3.63) is 64.7 Å². The number of hydrogen-bond donors (Lipinski definition) is 1. The molecule has 0 aliphatic rings. The molecule has 0 aliphatic carbocycles. The van der Waals surface area contributed by atoms with Crippen molar-refractivity contribution in [3.63, 3.8) is 0 Å². The third-order valence-electron chi connectivity index (χ3n) is 3.23. The quantitative estimate of drug-likeness (QED) is 0.648. The lowest BCUT2D eigenvalue weighted by Crippen LogP contribution is -2.13. The third kappa shape index (κ3) is 3.62. The molecule has 0 saturated carbocycles. The minimum absolute atomic E-state index is 0.181. The molecule has 0 aromatic heterocycles. The molecule has 2 rings (SSSR count). The first-order valence-corrected chi connectivity index (χ1v) is 6.36. The molecule has 0 bridgehead atoms. The summed E-state index contributed by atoms with van der Waals surface area (Å²) in [6, 6.07) is 10.4. The van der Waals surface area contributed by atoms with E-state index < -0.39 is 11.7 Å². The Morgan fingerprint density at radius 3 is 2.33 bits per heavy atom. The molecule has 0 amide bonds. The second kappa shape index (κ2) is 5.60. The Morgan fingerprint density at radius 1 is 1.00 bits per heavy atom. The van der Waals surface area contributed by atoms with Crippen LogP contribution in [0.25, 0.3) is 0 Å². The van der Waals surface area contributed by atoms with E-state index in [1.54, 1.807) is 6.07 Å². The van der Waals surface area contributed by atoms with E-state index in [2.05, 4.69) is 4.99 Å². The standard InChI is InChI=1S/C16H15F3N2/c1-10-6-7-12(8-11(10)2)15(20)21-14-5-3-4-13(9-14)16(17,18)19/h3-9H,1-2H3,(H2,20,21). The summed E-state index contributed by atoms with van der Waals surface area (Å²) < 4.78 is 37.9. The Hall–Kier alpha value is -2.30. The van der Waals surface area contributed by atoms with E-state index in [1.807, 2.05) is 26.0 Å². The second-order valence-electron chi connectivity index (χ2n) is 4.84. The predicted octanol–water partition coefficient (Wildman–Crippen LogP) is 4.36. The molecule has 110 valence electrons. The van der Waals surface area contributed by atoms with Crippen molar-refractivity contribution in [3.8, 4) is 0 Å². The van der Waals surface area contributed by atoms with Gasteiger partial charge in [-0.05, 0) is 49.2 Å². The van der Waals surface area contributed by atoms with Gasteiger partial charge in [0.25, 0.3) is 0 Å². The van der Waals surface area contributed by atoms with Crippen LogP contribution in [0.3, 0.4) is 0 Å². The lowest BCUT2D eigenvalue weighted by atomic mass is 10.1. The van der Waals surface area contributed by atoms with Crippen molar-refractivity contribution in [2.45, 2.75) is 20.0 Å². The van der Waals surface area contributed by atoms with E-state index in [1.165, 1.54) is 12.1 Å². The van der Waals surface area contributed by atoms with Crippen LogP contribution in [0.15, 0.2) is 47.5 Å². The van der Waals surface area contributed by atoms with Crippen LogP contribution >= 0.6 is 0 Å². The van der Waals surface area contributed by atoms with E-state index in [-0.39, 0.29) is 11.5 Å². The first-order chi connectivity index (χ1) is 9.77. The Balaban J connectivity index is 2.36. The van der Waals surface area contributed by atoms with Gasteiger partial charge in [0, 0.05) is 5.56 Å². The molecule has 0 radical (unpaired) electrons. The van der Waals surface area contributed by atoms with Crippen molar-refractivity contribution >= 4 is 11.5 Å². The van der Waals surface area contributed by atoms with Gasteiger partial charge in [-0.3, -0.25) is 0 Å². The minimum Gasteiger partial charge on any atom is -0.383 e. The van der Waals surface area contributed by atoms with Gasteiger partial charge in [-0.2, -0.15) is 13.2 Å². The number of aryl methyl sites for hydroxylation is 2. The smallest absolute Gasteiger partial charge is 0.383 e. The molecule has 5 heteroatoms. The lowest BCUT2D eigenvalue weighted by molar-refractivity contribution is -0.137. The van der Waals surface area contributed by atoms with Gasteiger partial charge in [-0.15, -0.1) is 0 Å². The van der Waals surface area contributed by atoms with Crippen molar-refractivity contribution < 1.29 is 13.2 Å². The number of rotatable bonds is 2. The Bertz CT molecular complexity index is 688. The Morgan fingerprint density at radius 2 is 1.71 bits per heavy atom. The van der Waals surface area contributed by atoms with Crippen LogP contribution in [0, 0.1) is 13.8 Å². The van der Waals surface area contributed by atoms with Crippen LogP contribution in [0.5, 0.6) is 0 Å². The summed E-state index contributed by atoms with van der Waals surface area (Å²) in [4.78, 5) is 4.07. The van der Waals surface area contributed by atoms with Gasteiger partial charge < -0.3 is 5.73 Å². The van der Waals surface area contributed by atoms with Gasteiger partial charge in [0.2, 0.25) is 0 Å². The highest BCUT2D eigenvalue weighted by molar-refractivity contribution is 5.99. The van der Waals surface area contributed by atoms with Crippen molar-refractivity contribution in [2.75, 3.05) is 0 Å². The van der Waals surface area contributed by atoms with Crippen molar-refractivity contribution in [2.24, 2.45) is 10.7 Å². The first-order valence-electron chi connectivity index (χ1n) is 6.36. The summed E-state index contributed by atoms with van der Waals surface area (Å²) in [5, 5.41) is 0. The second-order valence-corrected chi connectivity index (χ2v) is 4.84. The van der Waals surface area contributed by atoms with Crippen LogP contribution in [0.2, 0.25) is 0 Å². The largest absolute Gasteiger partial charge is 0.416 e. The molecule has 2 aromatic carbocycles. The van der Waals surface area contributed by atoms with Gasteiger partial charge in [-0.25, -0.2) is 4.99 Å². The maximum absolute atomic E-state index is 12.6. The maximum Gasteiger partial charge on any atom is 0.416 e. The lowest BCUT2D eigenvalue weighted by Gasteiger charge is -2.08. The number of hydrogen-bond acceptors (Lipinski definition) is 1.